The van der Waals surface area contributed by atoms with Crippen molar-refractivity contribution in [3.63, 3.8) is 0 Å². The minimum absolute atomic E-state index is 0.0823. The summed E-state index contributed by atoms with van der Waals surface area (Å²) in [5, 5.41) is 18.1. The van der Waals surface area contributed by atoms with Gasteiger partial charge in [-0.2, -0.15) is 0 Å². The van der Waals surface area contributed by atoms with E-state index in [1.165, 1.54) is 7.11 Å². The van der Waals surface area contributed by atoms with Crippen LogP contribution in [0, 0.1) is 0 Å². The summed E-state index contributed by atoms with van der Waals surface area (Å²) in [5.74, 6) is -1.43. The first-order valence-electron chi connectivity index (χ1n) is 6.60. The molecule has 0 aliphatic rings. The summed E-state index contributed by atoms with van der Waals surface area (Å²) >= 11 is 0. The van der Waals surface area contributed by atoms with E-state index >= 15 is 0 Å². The van der Waals surface area contributed by atoms with E-state index in [9.17, 15) is 14.7 Å². The molecule has 0 aliphatic carbocycles. The molecule has 1 aromatic carbocycles. The quantitative estimate of drug-likeness (QED) is 0.563. The molecule has 2 N–H and O–H groups in total. The Morgan fingerprint density at radius 2 is 1.95 bits per heavy atom. The number of carbonyl (C=O) groups excluding carboxylic acids is 1. The summed E-state index contributed by atoms with van der Waals surface area (Å²) in [4.78, 5) is 22.1. The number of rotatable bonds is 8. The predicted octanol–water partition coefficient (Wildman–Crippen LogP) is 2.19. The van der Waals surface area contributed by atoms with Crippen molar-refractivity contribution in [2.45, 2.75) is 31.6 Å². The second kappa shape index (κ2) is 8.32. The molecule has 20 heavy (non-hydrogen) atoms. The molecule has 110 valence electrons. The minimum Gasteiger partial charge on any atom is -0.481 e. The molecule has 0 radical (unpaired) electrons. The number of unbranched alkanes of at least 4 members (excludes halogenated alkanes) is 1. The lowest BCUT2D eigenvalue weighted by Gasteiger charge is -2.17. The van der Waals surface area contributed by atoms with Crippen molar-refractivity contribution in [1.29, 1.82) is 0 Å². The summed E-state index contributed by atoms with van der Waals surface area (Å²) in [7, 11) is 1.32. The maximum atomic E-state index is 11.7. The van der Waals surface area contributed by atoms with Gasteiger partial charge in [-0.3, -0.25) is 4.79 Å². The molecular formula is C15H20O5. The average Bonchev–Trinajstić information content (AvgIpc) is 2.46. The standard InChI is InChI=1S/C15H20O5/c1-20-15(19)13-8-4-3-7-12(13)11(10-16)6-2-5-9-14(17)18/h3-4,7-8,11,16H,2,5-6,9-10H2,1H3,(H,17,18). The van der Waals surface area contributed by atoms with E-state index in [0.29, 0.717) is 24.8 Å². The smallest absolute Gasteiger partial charge is 0.338 e. The fourth-order valence-corrected chi connectivity index (χ4v) is 2.16. The van der Waals surface area contributed by atoms with Gasteiger partial charge in [0.05, 0.1) is 12.7 Å². The third kappa shape index (κ3) is 4.66. The van der Waals surface area contributed by atoms with Crippen molar-refractivity contribution >= 4 is 11.9 Å². The Morgan fingerprint density at radius 1 is 1.25 bits per heavy atom. The molecule has 1 unspecified atom stereocenters. The molecule has 0 saturated carbocycles. The SMILES string of the molecule is COC(=O)c1ccccc1C(CO)CCCCC(=O)O. The van der Waals surface area contributed by atoms with E-state index in [4.69, 9.17) is 9.84 Å². The van der Waals surface area contributed by atoms with E-state index in [1.807, 2.05) is 6.07 Å². The number of aliphatic hydroxyl groups excluding tert-OH is 1. The summed E-state index contributed by atoms with van der Waals surface area (Å²) in [6, 6.07) is 7.02. The molecule has 1 rings (SSSR count). The van der Waals surface area contributed by atoms with Gasteiger partial charge in [0.2, 0.25) is 0 Å². The van der Waals surface area contributed by atoms with Gasteiger partial charge in [0, 0.05) is 18.9 Å². The van der Waals surface area contributed by atoms with Crippen LogP contribution in [-0.4, -0.2) is 35.9 Å². The van der Waals surface area contributed by atoms with E-state index in [0.717, 1.165) is 5.56 Å². The van der Waals surface area contributed by atoms with Crippen LogP contribution in [-0.2, 0) is 9.53 Å². The molecule has 1 aromatic rings. The Labute approximate surface area is 118 Å². The van der Waals surface area contributed by atoms with Gasteiger partial charge in [-0.25, -0.2) is 4.79 Å². The van der Waals surface area contributed by atoms with Crippen LogP contribution >= 0.6 is 0 Å². The van der Waals surface area contributed by atoms with Crippen LogP contribution in [0.3, 0.4) is 0 Å². The first-order valence-corrected chi connectivity index (χ1v) is 6.60. The third-order valence-electron chi connectivity index (χ3n) is 3.22. The highest BCUT2D eigenvalue weighted by atomic mass is 16.5. The molecule has 0 saturated heterocycles. The van der Waals surface area contributed by atoms with Crippen LogP contribution in [0.4, 0.5) is 0 Å². The van der Waals surface area contributed by atoms with Gasteiger partial charge in [0.25, 0.3) is 0 Å². The van der Waals surface area contributed by atoms with Gasteiger partial charge in [0.15, 0.2) is 0 Å². The van der Waals surface area contributed by atoms with E-state index in [2.05, 4.69) is 0 Å². The Morgan fingerprint density at radius 3 is 2.55 bits per heavy atom. The van der Waals surface area contributed by atoms with Crippen LogP contribution in [0.2, 0.25) is 0 Å². The molecule has 1 atom stereocenters. The Balaban J connectivity index is 2.74. The van der Waals surface area contributed by atoms with Gasteiger partial charge >= 0.3 is 11.9 Å². The largest absolute Gasteiger partial charge is 0.481 e. The number of methoxy groups -OCH3 is 1. The zero-order valence-electron chi connectivity index (χ0n) is 11.5. The number of carboxylic acids is 1. The fraction of sp³-hybridized carbons (Fsp3) is 0.467. The lowest BCUT2D eigenvalue weighted by Crippen LogP contribution is -2.12. The molecule has 0 fully saturated rings. The second-order valence-electron chi connectivity index (χ2n) is 4.60. The van der Waals surface area contributed by atoms with Crippen LogP contribution in [0.25, 0.3) is 0 Å². The molecule has 0 aromatic heterocycles. The highest BCUT2D eigenvalue weighted by Crippen LogP contribution is 2.25. The van der Waals surface area contributed by atoms with Crippen molar-refractivity contribution < 1.29 is 24.5 Å². The summed E-state index contributed by atoms with van der Waals surface area (Å²) in [6.07, 6.45) is 2.01. The summed E-state index contributed by atoms with van der Waals surface area (Å²) in [6.45, 7) is -0.0823. The Kier molecular flexibility index (Phi) is 6.73. The van der Waals surface area contributed by atoms with Crippen LogP contribution in [0.15, 0.2) is 24.3 Å². The number of esters is 1. The molecule has 0 heterocycles. The zero-order valence-corrected chi connectivity index (χ0v) is 11.5. The third-order valence-corrected chi connectivity index (χ3v) is 3.22. The topological polar surface area (TPSA) is 83.8 Å². The van der Waals surface area contributed by atoms with Crippen molar-refractivity contribution in [2.24, 2.45) is 0 Å². The Bertz CT molecular complexity index is 455. The highest BCUT2D eigenvalue weighted by molar-refractivity contribution is 5.91. The van der Waals surface area contributed by atoms with Gasteiger partial charge in [-0.1, -0.05) is 24.6 Å². The first-order chi connectivity index (χ1) is 9.60. The number of benzene rings is 1. The second-order valence-corrected chi connectivity index (χ2v) is 4.60. The number of aliphatic hydroxyl groups is 1. The van der Waals surface area contributed by atoms with Gasteiger partial charge < -0.3 is 14.9 Å². The maximum Gasteiger partial charge on any atom is 0.338 e. The van der Waals surface area contributed by atoms with E-state index in [1.54, 1.807) is 18.2 Å². The first kappa shape index (κ1) is 16.2. The molecule has 5 nitrogen and oxygen atoms in total. The maximum absolute atomic E-state index is 11.7. The molecule has 0 amide bonds. The number of carbonyl (C=O) groups is 2. The number of hydrogen-bond donors (Lipinski definition) is 2. The van der Waals surface area contributed by atoms with Crippen LogP contribution < -0.4 is 0 Å². The van der Waals surface area contributed by atoms with Crippen LogP contribution in [0.5, 0.6) is 0 Å². The lowest BCUT2D eigenvalue weighted by molar-refractivity contribution is -0.137. The summed E-state index contributed by atoms with van der Waals surface area (Å²) in [5.41, 5.74) is 1.20. The number of ether oxygens (including phenoxy) is 1. The molecule has 5 heteroatoms. The van der Waals surface area contributed by atoms with Crippen LogP contribution in [0.1, 0.15) is 47.5 Å². The van der Waals surface area contributed by atoms with Crippen molar-refractivity contribution in [2.75, 3.05) is 13.7 Å². The zero-order chi connectivity index (χ0) is 15.0. The summed E-state index contributed by atoms with van der Waals surface area (Å²) < 4.78 is 4.73. The lowest BCUT2D eigenvalue weighted by atomic mass is 9.90. The predicted molar refractivity (Wildman–Crippen MR) is 73.7 cm³/mol. The van der Waals surface area contributed by atoms with E-state index < -0.39 is 11.9 Å². The highest BCUT2D eigenvalue weighted by Gasteiger charge is 2.18. The molecule has 0 bridgehead atoms. The minimum atomic E-state index is -0.819. The van der Waals surface area contributed by atoms with Gasteiger partial charge in [-0.05, 0) is 24.5 Å². The average molecular weight is 280 g/mol. The van der Waals surface area contributed by atoms with Gasteiger partial charge in [-0.15, -0.1) is 0 Å². The number of hydrogen-bond acceptors (Lipinski definition) is 4. The normalized spacial score (nSPS) is 11.9. The fourth-order valence-electron chi connectivity index (χ4n) is 2.16. The monoisotopic (exact) mass is 280 g/mol. The van der Waals surface area contributed by atoms with Crippen molar-refractivity contribution in [1.82, 2.24) is 0 Å². The van der Waals surface area contributed by atoms with Crippen molar-refractivity contribution in [3.8, 4) is 0 Å². The molecular weight excluding hydrogens is 260 g/mol. The Hall–Kier alpha value is -1.88. The number of carboxylic acid groups (broad SMARTS) is 1. The number of aliphatic carboxylic acids is 1. The van der Waals surface area contributed by atoms with E-state index in [-0.39, 0.29) is 18.9 Å². The molecule has 0 aliphatic heterocycles. The van der Waals surface area contributed by atoms with Crippen molar-refractivity contribution in [3.05, 3.63) is 35.4 Å². The molecule has 0 spiro atoms. The van der Waals surface area contributed by atoms with Gasteiger partial charge in [0.1, 0.15) is 0 Å².